The number of nitrogens with two attached hydrogens (primary N) is 1. The van der Waals surface area contributed by atoms with Crippen molar-refractivity contribution in [3.8, 4) is 5.75 Å². The van der Waals surface area contributed by atoms with E-state index in [4.69, 9.17) is 4.74 Å². The van der Waals surface area contributed by atoms with Crippen LogP contribution >= 0.6 is 0 Å². The van der Waals surface area contributed by atoms with Gasteiger partial charge >= 0.3 is 0 Å². The molecule has 1 heterocycles. The molecule has 2 aromatic carbocycles. The molecular weight excluding hydrogens is 350 g/mol. The van der Waals surface area contributed by atoms with Crippen molar-refractivity contribution in [2.24, 2.45) is 0 Å². The SMILES string of the molecule is COc1ccc([C@H](C[NH2+][C@H](C)C(=O)NC2CC2)c2c[nH]c3ccccc23)cc1. The molecule has 146 valence electrons. The minimum atomic E-state index is -0.105. The average Bonchev–Trinajstić information content (AvgIpc) is 3.45. The Morgan fingerprint density at radius 2 is 1.96 bits per heavy atom. The molecular formula is C23H28N3O2+. The Bertz CT molecular complexity index is 944. The molecule has 5 heteroatoms. The van der Waals surface area contributed by atoms with Crippen LogP contribution in [0.5, 0.6) is 5.75 Å². The number of aromatic amines is 1. The molecule has 0 spiro atoms. The van der Waals surface area contributed by atoms with Gasteiger partial charge in [-0.3, -0.25) is 4.79 Å². The first-order chi connectivity index (χ1) is 13.7. The van der Waals surface area contributed by atoms with Crippen molar-refractivity contribution >= 4 is 16.8 Å². The number of para-hydroxylation sites is 1. The van der Waals surface area contributed by atoms with E-state index in [0.717, 1.165) is 30.7 Å². The number of hydrogen-bond donors (Lipinski definition) is 3. The summed E-state index contributed by atoms with van der Waals surface area (Å²) in [6.07, 6.45) is 4.33. The molecule has 1 amide bonds. The first-order valence-corrected chi connectivity index (χ1v) is 9.99. The van der Waals surface area contributed by atoms with E-state index in [1.807, 2.05) is 25.1 Å². The number of nitrogens with one attached hydrogen (secondary N) is 2. The van der Waals surface area contributed by atoms with Gasteiger partial charge in [-0.05, 0) is 49.1 Å². The number of aromatic nitrogens is 1. The fourth-order valence-electron chi connectivity index (χ4n) is 3.67. The van der Waals surface area contributed by atoms with Crippen LogP contribution in [0.15, 0.2) is 54.7 Å². The second-order valence-electron chi connectivity index (χ2n) is 7.66. The van der Waals surface area contributed by atoms with E-state index in [0.29, 0.717) is 6.04 Å². The van der Waals surface area contributed by atoms with Gasteiger partial charge in [0.25, 0.3) is 5.91 Å². The number of fused-ring (bicyclic) bond motifs is 1. The van der Waals surface area contributed by atoms with Gasteiger partial charge in [0.2, 0.25) is 0 Å². The molecule has 4 N–H and O–H groups in total. The summed E-state index contributed by atoms with van der Waals surface area (Å²) in [6.45, 7) is 2.78. The van der Waals surface area contributed by atoms with Crippen LogP contribution in [0.3, 0.4) is 0 Å². The third-order valence-corrected chi connectivity index (χ3v) is 5.58. The molecule has 3 aromatic rings. The number of rotatable bonds is 8. The fourth-order valence-corrected chi connectivity index (χ4v) is 3.67. The van der Waals surface area contributed by atoms with Gasteiger partial charge in [-0.15, -0.1) is 0 Å². The van der Waals surface area contributed by atoms with E-state index in [-0.39, 0.29) is 17.9 Å². The monoisotopic (exact) mass is 378 g/mol. The van der Waals surface area contributed by atoms with Crippen LogP contribution < -0.4 is 15.4 Å². The van der Waals surface area contributed by atoms with E-state index < -0.39 is 0 Å². The Balaban J connectivity index is 1.58. The number of carbonyl (C=O) groups excluding carboxylic acids is 1. The maximum atomic E-state index is 12.4. The number of ether oxygens (including phenoxy) is 1. The van der Waals surface area contributed by atoms with Crippen molar-refractivity contribution in [1.82, 2.24) is 10.3 Å². The minimum Gasteiger partial charge on any atom is -0.497 e. The highest BCUT2D eigenvalue weighted by Gasteiger charge is 2.28. The van der Waals surface area contributed by atoms with Crippen LogP contribution in [-0.2, 0) is 4.79 Å². The molecule has 1 aliphatic carbocycles. The molecule has 2 atom stereocenters. The molecule has 28 heavy (non-hydrogen) atoms. The van der Waals surface area contributed by atoms with Crippen LogP contribution in [0.4, 0.5) is 0 Å². The van der Waals surface area contributed by atoms with E-state index in [1.54, 1.807) is 7.11 Å². The minimum absolute atomic E-state index is 0.105. The van der Waals surface area contributed by atoms with Gasteiger partial charge in [0, 0.05) is 23.1 Å². The molecule has 1 saturated carbocycles. The number of methoxy groups -OCH3 is 1. The second-order valence-corrected chi connectivity index (χ2v) is 7.66. The van der Waals surface area contributed by atoms with Crippen LogP contribution in [-0.4, -0.2) is 36.6 Å². The third-order valence-electron chi connectivity index (χ3n) is 5.58. The van der Waals surface area contributed by atoms with Gasteiger partial charge in [-0.25, -0.2) is 0 Å². The molecule has 5 nitrogen and oxygen atoms in total. The van der Waals surface area contributed by atoms with Gasteiger partial charge in [-0.1, -0.05) is 30.3 Å². The first kappa shape index (κ1) is 18.6. The molecule has 0 bridgehead atoms. The van der Waals surface area contributed by atoms with E-state index in [9.17, 15) is 4.79 Å². The zero-order valence-electron chi connectivity index (χ0n) is 16.4. The number of quaternary nitrogens is 1. The number of benzene rings is 2. The third kappa shape index (κ3) is 4.04. The second kappa shape index (κ2) is 8.07. The smallest absolute Gasteiger partial charge is 0.278 e. The summed E-state index contributed by atoms with van der Waals surface area (Å²) in [5.74, 6) is 1.16. The highest BCUT2D eigenvalue weighted by Crippen LogP contribution is 2.30. The van der Waals surface area contributed by atoms with E-state index in [2.05, 4.69) is 52.1 Å². The van der Waals surface area contributed by atoms with Gasteiger partial charge in [-0.2, -0.15) is 0 Å². The highest BCUT2D eigenvalue weighted by atomic mass is 16.5. The summed E-state index contributed by atoms with van der Waals surface area (Å²) in [7, 11) is 1.68. The lowest BCUT2D eigenvalue weighted by Gasteiger charge is -2.19. The molecule has 4 rings (SSSR count). The lowest BCUT2D eigenvalue weighted by atomic mass is 9.90. The topological polar surface area (TPSA) is 70.7 Å². The van der Waals surface area contributed by atoms with Crippen LogP contribution in [0.2, 0.25) is 0 Å². The van der Waals surface area contributed by atoms with Crippen molar-refractivity contribution in [2.45, 2.75) is 37.8 Å². The van der Waals surface area contributed by atoms with Gasteiger partial charge in [0.05, 0.1) is 19.6 Å². The van der Waals surface area contributed by atoms with Gasteiger partial charge < -0.3 is 20.4 Å². The first-order valence-electron chi connectivity index (χ1n) is 9.99. The van der Waals surface area contributed by atoms with Crippen LogP contribution in [0.1, 0.15) is 36.8 Å². The Kier molecular flexibility index (Phi) is 5.35. The van der Waals surface area contributed by atoms with E-state index >= 15 is 0 Å². The Labute approximate surface area is 165 Å². The molecule has 1 fully saturated rings. The van der Waals surface area contributed by atoms with Gasteiger partial charge in [0.15, 0.2) is 6.04 Å². The Hall–Kier alpha value is -2.79. The Morgan fingerprint density at radius 3 is 2.68 bits per heavy atom. The number of hydrogen-bond acceptors (Lipinski definition) is 2. The van der Waals surface area contributed by atoms with E-state index in [1.165, 1.54) is 16.5 Å². The maximum Gasteiger partial charge on any atom is 0.278 e. The quantitative estimate of drug-likeness (QED) is 0.564. The van der Waals surface area contributed by atoms with Crippen LogP contribution in [0, 0.1) is 0 Å². The molecule has 1 aliphatic rings. The largest absolute Gasteiger partial charge is 0.497 e. The molecule has 0 radical (unpaired) electrons. The van der Waals surface area contributed by atoms with Crippen molar-refractivity contribution < 1.29 is 14.8 Å². The normalized spacial score (nSPS) is 15.9. The summed E-state index contributed by atoms with van der Waals surface area (Å²) in [5.41, 5.74) is 3.61. The summed E-state index contributed by atoms with van der Waals surface area (Å²) in [4.78, 5) is 15.7. The summed E-state index contributed by atoms with van der Waals surface area (Å²) in [6, 6.07) is 16.9. The summed E-state index contributed by atoms with van der Waals surface area (Å²) in [5, 5.41) is 6.48. The fraction of sp³-hybridized carbons (Fsp3) is 0.348. The molecule has 1 aromatic heterocycles. The highest BCUT2D eigenvalue weighted by molar-refractivity contribution is 5.84. The number of H-pyrrole nitrogens is 1. The molecule has 0 unspecified atom stereocenters. The Morgan fingerprint density at radius 1 is 1.21 bits per heavy atom. The maximum absolute atomic E-state index is 12.4. The summed E-state index contributed by atoms with van der Waals surface area (Å²) >= 11 is 0. The predicted octanol–water partition coefficient (Wildman–Crippen LogP) is 2.54. The van der Waals surface area contributed by atoms with Crippen molar-refractivity contribution in [2.75, 3.05) is 13.7 Å². The van der Waals surface area contributed by atoms with Crippen molar-refractivity contribution in [3.63, 3.8) is 0 Å². The van der Waals surface area contributed by atoms with Crippen molar-refractivity contribution in [3.05, 3.63) is 65.9 Å². The predicted molar refractivity (Wildman–Crippen MR) is 111 cm³/mol. The summed E-state index contributed by atoms with van der Waals surface area (Å²) < 4.78 is 5.32. The molecule has 0 saturated heterocycles. The molecule has 0 aliphatic heterocycles. The standard InChI is InChI=1S/C23H27N3O2/c1-15(23(27)26-17-9-10-17)24-13-20(16-7-11-18(28-2)12-8-16)21-14-25-22-6-4-3-5-19(21)22/h3-8,11-12,14-15,17,20,24-25H,9-10,13H2,1-2H3,(H,26,27)/p+1/t15-,20+/m1/s1. The van der Waals surface area contributed by atoms with Crippen LogP contribution in [0.25, 0.3) is 10.9 Å². The average molecular weight is 378 g/mol. The zero-order valence-corrected chi connectivity index (χ0v) is 16.4. The number of carbonyl (C=O) groups is 1. The lowest BCUT2D eigenvalue weighted by molar-refractivity contribution is -0.674. The van der Waals surface area contributed by atoms with Gasteiger partial charge in [0.1, 0.15) is 5.75 Å². The van der Waals surface area contributed by atoms with Crippen molar-refractivity contribution in [1.29, 1.82) is 0 Å². The lowest BCUT2D eigenvalue weighted by Crippen LogP contribution is -2.92. The number of amides is 1. The zero-order chi connectivity index (χ0) is 19.5.